The number of carbonyl (C=O) groups is 1. The summed E-state index contributed by atoms with van der Waals surface area (Å²) in [5.41, 5.74) is 1.30. The van der Waals surface area contributed by atoms with Gasteiger partial charge in [-0.3, -0.25) is 14.3 Å². The molecule has 5 rings (SSSR count). The molecule has 42 heavy (non-hydrogen) atoms. The summed E-state index contributed by atoms with van der Waals surface area (Å²) < 4.78 is 35.5. The van der Waals surface area contributed by atoms with Crippen molar-refractivity contribution in [3.05, 3.63) is 124 Å². The van der Waals surface area contributed by atoms with Crippen LogP contribution in [0.5, 0.6) is 23.0 Å². The number of benzene rings is 3. The predicted octanol–water partition coefficient (Wildman–Crippen LogP) is 5.29. The topological polar surface area (TPSA) is 98.6 Å². The Kier molecular flexibility index (Phi) is 7.79. The fourth-order valence-electron chi connectivity index (χ4n) is 4.91. The Bertz CT molecular complexity index is 1880. The van der Waals surface area contributed by atoms with Crippen LogP contribution in [0.1, 0.15) is 21.6 Å². The third-order valence-corrected chi connectivity index (χ3v) is 6.93. The van der Waals surface area contributed by atoms with Crippen molar-refractivity contribution in [2.24, 2.45) is 0 Å². The average molecular weight is 570 g/mol. The molecule has 0 spiro atoms. The first kappa shape index (κ1) is 28.2. The molecule has 3 aromatic carbocycles. The fraction of sp³-hybridized carbons (Fsp3) is 0.156. The largest absolute Gasteiger partial charge is 0.618 e. The summed E-state index contributed by atoms with van der Waals surface area (Å²) in [5, 5.41) is 12.8. The number of Topliss-reactive ketones (excluding diaryl/α,β-unsaturated/α-hetero) is 1. The highest BCUT2D eigenvalue weighted by Gasteiger charge is 2.24. The van der Waals surface area contributed by atoms with Gasteiger partial charge in [0.15, 0.2) is 35.0 Å². The summed E-state index contributed by atoms with van der Waals surface area (Å²) in [6.07, 6.45) is 2.70. The molecule has 2 heterocycles. The molecule has 5 aromatic rings. The molecule has 214 valence electrons. The number of ketones is 1. The van der Waals surface area contributed by atoms with E-state index in [4.69, 9.17) is 14.2 Å². The first-order valence-electron chi connectivity index (χ1n) is 13.0. The number of pyridine rings is 1. The van der Waals surface area contributed by atoms with Crippen LogP contribution in [0.25, 0.3) is 16.6 Å². The number of allylic oxidation sites excluding steroid dienone is 1. The van der Waals surface area contributed by atoms with E-state index in [0.29, 0.717) is 45.1 Å². The van der Waals surface area contributed by atoms with Crippen molar-refractivity contribution < 1.29 is 28.1 Å². The maximum absolute atomic E-state index is 15.3. The number of rotatable bonds is 10. The van der Waals surface area contributed by atoms with Gasteiger partial charge in [-0.15, -0.1) is 6.58 Å². The number of hydrogen-bond acceptors (Lipinski definition) is 6. The van der Waals surface area contributed by atoms with Crippen LogP contribution in [-0.2, 0) is 13.0 Å². The molecule has 0 radical (unpaired) electrons. The Hall–Kier alpha value is -5.38. The zero-order chi connectivity index (χ0) is 30.0. The van der Waals surface area contributed by atoms with Crippen LogP contribution < -0.4 is 24.5 Å². The zero-order valence-electron chi connectivity index (χ0n) is 23.3. The molecule has 0 saturated heterocycles. The molecule has 2 aromatic heterocycles. The van der Waals surface area contributed by atoms with E-state index in [-0.39, 0.29) is 29.0 Å². The van der Waals surface area contributed by atoms with E-state index in [0.717, 1.165) is 0 Å². The summed E-state index contributed by atoms with van der Waals surface area (Å²) in [6.45, 7) is 5.79. The van der Waals surface area contributed by atoms with E-state index in [9.17, 15) is 14.8 Å². The van der Waals surface area contributed by atoms with Gasteiger partial charge in [0.1, 0.15) is 11.3 Å². The van der Waals surface area contributed by atoms with Gasteiger partial charge < -0.3 is 19.4 Å². The van der Waals surface area contributed by atoms with Gasteiger partial charge in [0, 0.05) is 24.2 Å². The Morgan fingerprint density at radius 2 is 1.71 bits per heavy atom. The molecule has 0 amide bonds. The number of halogens is 1. The lowest BCUT2D eigenvalue weighted by atomic mass is 10.0. The number of nitrogens with zero attached hydrogens (tertiary/aromatic N) is 3. The van der Waals surface area contributed by atoms with E-state index < -0.39 is 17.2 Å². The quantitative estimate of drug-likeness (QED) is 0.0981. The van der Waals surface area contributed by atoms with Gasteiger partial charge in [0.2, 0.25) is 5.52 Å². The lowest BCUT2D eigenvalue weighted by molar-refractivity contribution is -0.577. The minimum atomic E-state index is -0.713. The molecule has 0 fully saturated rings. The molecule has 0 unspecified atom stereocenters. The summed E-state index contributed by atoms with van der Waals surface area (Å²) in [5.74, 6) is -0.299. The molecule has 9 nitrogen and oxygen atoms in total. The first-order chi connectivity index (χ1) is 20.3. The molecular formula is C32H28FN3O6. The van der Waals surface area contributed by atoms with Crippen molar-refractivity contribution >= 4 is 16.7 Å². The van der Waals surface area contributed by atoms with Crippen LogP contribution >= 0.6 is 0 Å². The van der Waals surface area contributed by atoms with Crippen molar-refractivity contribution in [2.75, 3.05) is 14.2 Å². The van der Waals surface area contributed by atoms with E-state index >= 15 is 4.39 Å². The summed E-state index contributed by atoms with van der Waals surface area (Å²) >= 11 is 0. The second-order valence-electron chi connectivity index (χ2n) is 9.48. The molecule has 0 aliphatic heterocycles. The number of aromatic nitrogens is 3. The second kappa shape index (κ2) is 11.6. The second-order valence-corrected chi connectivity index (χ2v) is 9.48. The van der Waals surface area contributed by atoms with Crippen molar-refractivity contribution in [1.29, 1.82) is 0 Å². The van der Waals surface area contributed by atoms with Crippen LogP contribution in [0.3, 0.4) is 0 Å². The zero-order valence-corrected chi connectivity index (χ0v) is 23.3. The van der Waals surface area contributed by atoms with E-state index in [1.807, 2.05) is 6.07 Å². The van der Waals surface area contributed by atoms with Crippen LogP contribution in [-0.4, -0.2) is 29.4 Å². The third-order valence-electron chi connectivity index (χ3n) is 6.93. The molecule has 0 aliphatic carbocycles. The Balaban J connectivity index is 1.44. The first-order valence-corrected chi connectivity index (χ1v) is 13.0. The predicted molar refractivity (Wildman–Crippen MR) is 155 cm³/mol. The molecule has 0 bridgehead atoms. The van der Waals surface area contributed by atoms with Crippen molar-refractivity contribution in [3.63, 3.8) is 0 Å². The Morgan fingerprint density at radius 1 is 1.00 bits per heavy atom. The normalized spacial score (nSPS) is 11.0. The number of methoxy groups -OCH3 is 2. The molecule has 10 heteroatoms. The highest BCUT2D eigenvalue weighted by atomic mass is 19.1. The maximum Gasteiger partial charge on any atom is 0.282 e. The fourth-order valence-corrected chi connectivity index (χ4v) is 4.91. The lowest BCUT2D eigenvalue weighted by Gasteiger charge is -2.13. The highest BCUT2D eigenvalue weighted by Crippen LogP contribution is 2.37. The van der Waals surface area contributed by atoms with Crippen LogP contribution in [0.2, 0.25) is 0 Å². The van der Waals surface area contributed by atoms with Crippen LogP contribution in [0.4, 0.5) is 4.39 Å². The summed E-state index contributed by atoms with van der Waals surface area (Å²) in [7, 11) is 2.92. The Morgan fingerprint density at radius 3 is 2.38 bits per heavy atom. The highest BCUT2D eigenvalue weighted by molar-refractivity contribution is 5.98. The number of hydrogen-bond donors (Lipinski definition) is 0. The van der Waals surface area contributed by atoms with Crippen molar-refractivity contribution in [2.45, 2.75) is 19.9 Å². The molecular weight excluding hydrogens is 541 g/mol. The van der Waals surface area contributed by atoms with Crippen molar-refractivity contribution in [3.8, 4) is 28.7 Å². The minimum absolute atomic E-state index is 0.0347. The molecule has 0 saturated carbocycles. The van der Waals surface area contributed by atoms with E-state index in [1.165, 1.54) is 49.4 Å². The van der Waals surface area contributed by atoms with Gasteiger partial charge in [-0.2, -0.15) is 4.73 Å². The van der Waals surface area contributed by atoms with Crippen molar-refractivity contribution in [1.82, 2.24) is 9.36 Å². The smallest absolute Gasteiger partial charge is 0.282 e. The summed E-state index contributed by atoms with van der Waals surface area (Å²) in [6, 6.07) is 17.7. The maximum atomic E-state index is 15.3. The number of fused-ring (bicyclic) bond motifs is 1. The number of para-hydroxylation sites is 1. The number of ether oxygens (including phenoxy) is 3. The van der Waals surface area contributed by atoms with Gasteiger partial charge in [0.25, 0.3) is 5.56 Å². The molecule has 0 N–H and O–H groups in total. The monoisotopic (exact) mass is 569 g/mol. The third kappa shape index (κ3) is 5.10. The lowest BCUT2D eigenvalue weighted by Crippen LogP contribution is -2.26. The molecule has 0 aliphatic rings. The SMILES string of the molecule is C=CCn1c(C)c(C(=O)Cc2ccc(Oc3cc[n+]([O-])c4cc(OC)c(OC)cc34)c(F)c2)c(=O)n1-c1ccccc1. The Labute approximate surface area is 240 Å². The van der Waals surface area contributed by atoms with Gasteiger partial charge in [-0.1, -0.05) is 30.3 Å². The van der Waals surface area contributed by atoms with E-state index in [2.05, 4.69) is 6.58 Å². The summed E-state index contributed by atoms with van der Waals surface area (Å²) in [4.78, 5) is 26.8. The standard InChI is InChI=1S/C32H28FN3O6/c1-5-14-34-20(2)31(32(38)36(34)22-9-7-6-8-10-22)26(37)17-21-11-12-28(24(33)16-21)42-27-13-15-35(39)25-19-30(41-4)29(40-3)18-23(25)27/h5-13,15-16,18-19H,1,14,17H2,2-4H3. The molecule has 0 atom stereocenters. The van der Waals surface area contributed by atoms with E-state index in [1.54, 1.807) is 54.1 Å². The minimum Gasteiger partial charge on any atom is -0.618 e. The van der Waals surface area contributed by atoms with Crippen LogP contribution in [0, 0.1) is 17.9 Å². The van der Waals surface area contributed by atoms with Gasteiger partial charge in [-0.05, 0) is 36.8 Å². The number of carbonyl (C=O) groups excluding carboxylic acids is 1. The van der Waals surface area contributed by atoms with Crippen LogP contribution in [0.15, 0.2) is 90.4 Å². The van der Waals surface area contributed by atoms with Gasteiger partial charge in [-0.25, -0.2) is 9.07 Å². The van der Waals surface area contributed by atoms with Gasteiger partial charge in [0.05, 0.1) is 37.9 Å². The average Bonchev–Trinajstić information content (AvgIpc) is 3.24. The van der Waals surface area contributed by atoms with Gasteiger partial charge >= 0.3 is 0 Å².